The quantitative estimate of drug-likeness (QED) is 0.919. The van der Waals surface area contributed by atoms with Crippen molar-refractivity contribution in [3.63, 3.8) is 0 Å². The fraction of sp³-hybridized carbons (Fsp3) is 0.231. The lowest BCUT2D eigenvalue weighted by molar-refractivity contribution is -0.138. The molecule has 0 aliphatic heterocycles. The summed E-state index contributed by atoms with van der Waals surface area (Å²) in [4.78, 5) is 16.5. The van der Waals surface area contributed by atoms with Gasteiger partial charge in [-0.3, -0.25) is 4.79 Å². The minimum absolute atomic E-state index is 0.0441. The SMILES string of the molecule is O=C(O)C1CCc2sc(-c3ccc(F)c(Cl)c3)nc21. The lowest BCUT2D eigenvalue weighted by Gasteiger charge is -2.02. The third-order valence-electron chi connectivity index (χ3n) is 3.18. The van der Waals surface area contributed by atoms with Crippen LogP contribution in [-0.2, 0) is 11.2 Å². The summed E-state index contributed by atoms with van der Waals surface area (Å²) in [6.45, 7) is 0. The van der Waals surface area contributed by atoms with Crippen LogP contribution in [0.3, 0.4) is 0 Å². The van der Waals surface area contributed by atoms with Crippen LogP contribution in [0.25, 0.3) is 10.6 Å². The van der Waals surface area contributed by atoms with Crippen LogP contribution in [0.4, 0.5) is 4.39 Å². The van der Waals surface area contributed by atoms with E-state index in [-0.39, 0.29) is 5.02 Å². The Labute approximate surface area is 117 Å². The van der Waals surface area contributed by atoms with Crippen LogP contribution >= 0.6 is 22.9 Å². The molecule has 0 bridgehead atoms. The molecule has 3 rings (SSSR count). The third-order valence-corrected chi connectivity index (χ3v) is 4.65. The van der Waals surface area contributed by atoms with E-state index in [1.165, 1.54) is 23.5 Å². The van der Waals surface area contributed by atoms with Crippen molar-refractivity contribution in [1.29, 1.82) is 0 Å². The molecule has 1 aliphatic rings. The van der Waals surface area contributed by atoms with Crippen molar-refractivity contribution in [3.8, 4) is 10.6 Å². The molecule has 1 unspecified atom stereocenters. The van der Waals surface area contributed by atoms with Gasteiger partial charge in [0.05, 0.1) is 10.7 Å². The zero-order valence-electron chi connectivity index (χ0n) is 9.69. The largest absolute Gasteiger partial charge is 0.481 e. The van der Waals surface area contributed by atoms with Crippen LogP contribution in [-0.4, -0.2) is 16.1 Å². The van der Waals surface area contributed by atoms with Crippen molar-refractivity contribution >= 4 is 28.9 Å². The second-order valence-electron chi connectivity index (χ2n) is 4.39. The summed E-state index contributed by atoms with van der Waals surface area (Å²) in [5, 5.41) is 9.85. The molecule has 98 valence electrons. The maximum atomic E-state index is 13.1. The number of carboxylic acid groups (broad SMARTS) is 1. The van der Waals surface area contributed by atoms with Gasteiger partial charge in [0, 0.05) is 10.4 Å². The van der Waals surface area contributed by atoms with Gasteiger partial charge in [-0.2, -0.15) is 0 Å². The maximum Gasteiger partial charge on any atom is 0.312 e. The van der Waals surface area contributed by atoms with E-state index in [2.05, 4.69) is 4.98 Å². The number of benzene rings is 1. The monoisotopic (exact) mass is 297 g/mol. The molecule has 1 atom stereocenters. The molecule has 0 fully saturated rings. The summed E-state index contributed by atoms with van der Waals surface area (Å²) in [7, 11) is 0. The Kier molecular flexibility index (Phi) is 3.03. The number of hydrogen-bond acceptors (Lipinski definition) is 3. The number of aliphatic carboxylic acids is 1. The normalized spacial score (nSPS) is 17.5. The van der Waals surface area contributed by atoms with E-state index < -0.39 is 17.7 Å². The summed E-state index contributed by atoms with van der Waals surface area (Å²) in [6, 6.07) is 4.41. The highest BCUT2D eigenvalue weighted by Gasteiger charge is 2.32. The number of halogens is 2. The number of thiazole rings is 1. The Morgan fingerprint density at radius 2 is 2.32 bits per heavy atom. The molecule has 2 aromatic rings. The summed E-state index contributed by atoms with van der Waals surface area (Å²) in [6.07, 6.45) is 1.34. The van der Waals surface area contributed by atoms with Crippen LogP contribution < -0.4 is 0 Å². The van der Waals surface area contributed by atoms with Gasteiger partial charge in [0.1, 0.15) is 16.7 Å². The lowest BCUT2D eigenvalue weighted by Crippen LogP contribution is -2.08. The Bertz CT molecular complexity index is 671. The maximum absolute atomic E-state index is 13.1. The first kappa shape index (κ1) is 12.6. The van der Waals surface area contributed by atoms with Gasteiger partial charge < -0.3 is 5.11 Å². The average Bonchev–Trinajstić information content (AvgIpc) is 2.91. The fourth-order valence-corrected chi connectivity index (χ4v) is 3.54. The standard InChI is InChI=1S/C13H9ClFNO2S/c14-8-5-6(1-3-9(8)15)12-16-11-7(13(17)18)2-4-10(11)19-12/h1,3,5,7H,2,4H2,(H,17,18). The zero-order valence-corrected chi connectivity index (χ0v) is 11.3. The molecule has 1 aromatic heterocycles. The number of fused-ring (bicyclic) bond motifs is 1. The van der Waals surface area contributed by atoms with Gasteiger partial charge in [0.2, 0.25) is 0 Å². The van der Waals surface area contributed by atoms with E-state index in [4.69, 9.17) is 16.7 Å². The predicted octanol–water partition coefficient (Wildman–Crippen LogP) is 3.72. The van der Waals surface area contributed by atoms with Crippen LogP contribution in [0.15, 0.2) is 18.2 Å². The smallest absolute Gasteiger partial charge is 0.312 e. The van der Waals surface area contributed by atoms with Crippen LogP contribution in [0.5, 0.6) is 0 Å². The third kappa shape index (κ3) is 2.13. The topological polar surface area (TPSA) is 50.2 Å². The van der Waals surface area contributed by atoms with Gasteiger partial charge in [-0.25, -0.2) is 9.37 Å². The molecule has 1 heterocycles. The molecule has 0 saturated carbocycles. The van der Waals surface area contributed by atoms with Gasteiger partial charge in [-0.1, -0.05) is 11.6 Å². The summed E-state index contributed by atoms with van der Waals surface area (Å²) < 4.78 is 13.1. The van der Waals surface area contributed by atoms with E-state index in [1.54, 1.807) is 6.07 Å². The minimum atomic E-state index is -0.840. The molecule has 0 spiro atoms. The van der Waals surface area contributed by atoms with Gasteiger partial charge in [-0.15, -0.1) is 11.3 Å². The van der Waals surface area contributed by atoms with E-state index in [1.807, 2.05) is 0 Å². The molecular formula is C13H9ClFNO2S. The first-order valence-electron chi connectivity index (χ1n) is 5.74. The Morgan fingerprint density at radius 3 is 3.00 bits per heavy atom. The molecule has 0 radical (unpaired) electrons. The van der Waals surface area contributed by atoms with Crippen molar-refractivity contribution in [2.24, 2.45) is 0 Å². The number of aromatic nitrogens is 1. The van der Waals surface area contributed by atoms with Crippen LogP contribution in [0.1, 0.15) is 22.9 Å². The van der Waals surface area contributed by atoms with E-state index in [0.717, 1.165) is 16.9 Å². The van der Waals surface area contributed by atoms with Crippen molar-refractivity contribution in [2.75, 3.05) is 0 Å². The zero-order chi connectivity index (χ0) is 13.6. The van der Waals surface area contributed by atoms with Crippen LogP contribution in [0.2, 0.25) is 5.02 Å². The number of hydrogen-bond donors (Lipinski definition) is 1. The molecule has 1 aliphatic carbocycles. The Hall–Kier alpha value is -1.46. The molecule has 19 heavy (non-hydrogen) atoms. The number of carboxylic acids is 1. The fourth-order valence-electron chi connectivity index (χ4n) is 2.22. The minimum Gasteiger partial charge on any atom is -0.481 e. The molecule has 6 heteroatoms. The first-order chi connectivity index (χ1) is 9.06. The molecule has 0 saturated heterocycles. The summed E-state index contributed by atoms with van der Waals surface area (Å²) in [5.41, 5.74) is 1.36. The molecule has 3 nitrogen and oxygen atoms in total. The second kappa shape index (κ2) is 4.58. The van der Waals surface area contributed by atoms with E-state index in [9.17, 15) is 9.18 Å². The average molecular weight is 298 g/mol. The Balaban J connectivity index is 2.02. The van der Waals surface area contributed by atoms with E-state index in [0.29, 0.717) is 17.1 Å². The number of nitrogens with zero attached hydrogens (tertiary/aromatic N) is 1. The van der Waals surface area contributed by atoms with Crippen molar-refractivity contribution in [1.82, 2.24) is 4.98 Å². The molecule has 0 amide bonds. The number of rotatable bonds is 2. The van der Waals surface area contributed by atoms with E-state index >= 15 is 0 Å². The van der Waals surface area contributed by atoms with Crippen molar-refractivity contribution in [2.45, 2.75) is 18.8 Å². The van der Waals surface area contributed by atoms with Gasteiger partial charge >= 0.3 is 5.97 Å². The summed E-state index contributed by atoms with van der Waals surface area (Å²) in [5.74, 6) is -1.83. The second-order valence-corrected chi connectivity index (χ2v) is 5.88. The highest BCUT2D eigenvalue weighted by Crippen LogP contribution is 2.40. The Morgan fingerprint density at radius 1 is 1.53 bits per heavy atom. The first-order valence-corrected chi connectivity index (χ1v) is 6.93. The van der Waals surface area contributed by atoms with Crippen LogP contribution in [0, 0.1) is 5.82 Å². The number of aryl methyl sites for hydroxylation is 1. The summed E-state index contributed by atoms with van der Waals surface area (Å²) >= 11 is 7.20. The number of carbonyl (C=O) groups is 1. The molecule has 1 N–H and O–H groups in total. The van der Waals surface area contributed by atoms with Crippen molar-refractivity contribution < 1.29 is 14.3 Å². The van der Waals surface area contributed by atoms with Crippen molar-refractivity contribution in [3.05, 3.63) is 39.6 Å². The predicted molar refractivity (Wildman–Crippen MR) is 71.2 cm³/mol. The van der Waals surface area contributed by atoms with Gasteiger partial charge in [0.15, 0.2) is 0 Å². The van der Waals surface area contributed by atoms with Gasteiger partial charge in [-0.05, 0) is 31.0 Å². The van der Waals surface area contributed by atoms with Gasteiger partial charge in [0.25, 0.3) is 0 Å². The highest BCUT2D eigenvalue weighted by molar-refractivity contribution is 7.15. The highest BCUT2D eigenvalue weighted by atomic mass is 35.5. The molecule has 1 aromatic carbocycles. The molecular weight excluding hydrogens is 289 g/mol. The lowest BCUT2D eigenvalue weighted by atomic mass is 10.1.